The number of hydrogen-bond donors (Lipinski definition) is 7. The van der Waals surface area contributed by atoms with Crippen LogP contribution in [0.2, 0.25) is 0 Å². The molecule has 2 aliphatic rings. The number of carbonyl (C=O) groups is 1. The number of aromatic nitrogens is 2. The number of benzene rings is 2. The molecule has 17 heteroatoms. The average molecular weight is 580 g/mol. The second kappa shape index (κ2) is 10.3. The number of anilines is 1. The molecule has 0 radical (unpaired) electrons. The molecule has 2 aromatic carbocycles. The molecule has 0 unspecified atom stereocenters. The molecule has 5 rings (SSSR count). The fraction of sp³-hybridized carbons (Fsp3) is 0.364. The van der Waals surface area contributed by atoms with E-state index < -0.39 is 47.2 Å². The number of nitrogen functional groups attached to an aromatic ring is 1. The summed E-state index contributed by atoms with van der Waals surface area (Å²) in [7, 11) is -8.79. The predicted molar refractivity (Wildman–Crippen MR) is 141 cm³/mol. The molecule has 2 saturated heterocycles. The molecule has 3 heterocycles. The third kappa shape index (κ3) is 5.05. The van der Waals surface area contributed by atoms with Crippen molar-refractivity contribution in [2.45, 2.75) is 41.0 Å². The van der Waals surface area contributed by atoms with Crippen molar-refractivity contribution in [2.24, 2.45) is 5.14 Å². The highest BCUT2D eigenvalue weighted by Crippen LogP contribution is 2.40. The number of piperidine rings is 1. The van der Waals surface area contributed by atoms with Crippen molar-refractivity contribution >= 4 is 42.9 Å². The minimum atomic E-state index is -4.59. The van der Waals surface area contributed by atoms with Gasteiger partial charge in [0.25, 0.3) is 0 Å². The molecule has 0 spiro atoms. The van der Waals surface area contributed by atoms with Crippen LogP contribution in [-0.2, 0) is 24.6 Å². The molecule has 2 fully saturated rings. The van der Waals surface area contributed by atoms with Crippen LogP contribution in [0.15, 0.2) is 40.1 Å². The van der Waals surface area contributed by atoms with Gasteiger partial charge in [-0.2, -0.15) is 11.1 Å². The minimum absolute atomic E-state index is 0.0779. The zero-order chi connectivity index (χ0) is 27.9. The molecule has 3 aromatic rings. The zero-order valence-electron chi connectivity index (χ0n) is 20.9. The number of nitrogens with zero attached hydrogens (tertiary/aromatic N) is 2. The lowest BCUT2D eigenvalue weighted by Gasteiger charge is -2.31. The van der Waals surface area contributed by atoms with Crippen LogP contribution in [0.5, 0.6) is 0 Å². The molecule has 0 saturated carbocycles. The Morgan fingerprint density at radius 2 is 1.77 bits per heavy atom. The number of sulfonamides is 1. The van der Waals surface area contributed by atoms with E-state index in [-0.39, 0.29) is 44.0 Å². The summed E-state index contributed by atoms with van der Waals surface area (Å²) in [5.41, 5.74) is 18.9. The average Bonchev–Trinajstić information content (AvgIpc) is 3.56. The highest BCUT2D eigenvalue weighted by molar-refractivity contribution is 7.94. The lowest BCUT2D eigenvalue weighted by atomic mass is 9.96. The molecule has 9 N–H and O–H groups in total. The zero-order valence-corrected chi connectivity index (χ0v) is 22.5. The summed E-state index contributed by atoms with van der Waals surface area (Å²) in [6, 6.07) is 8.02. The van der Waals surface area contributed by atoms with Gasteiger partial charge >= 0.3 is 6.09 Å². The smallest absolute Gasteiger partial charge is 0.409 e. The van der Waals surface area contributed by atoms with E-state index in [2.05, 4.69) is 31.9 Å². The summed E-state index contributed by atoms with van der Waals surface area (Å²) in [6.45, 7) is 2.20. The molecule has 1 aromatic heterocycles. The second-order valence-electron chi connectivity index (χ2n) is 9.12. The molecular formula is C22H29N9O6S2. The molecular weight excluding hydrogens is 550 g/mol. The van der Waals surface area contributed by atoms with Crippen molar-refractivity contribution < 1.29 is 26.4 Å². The van der Waals surface area contributed by atoms with E-state index in [1.807, 2.05) is 0 Å². The Morgan fingerprint density at radius 1 is 1.08 bits per heavy atom. The molecule has 210 valence electrons. The van der Waals surface area contributed by atoms with Gasteiger partial charge in [-0.15, -0.1) is 0 Å². The van der Waals surface area contributed by atoms with Gasteiger partial charge in [0.2, 0.25) is 10.0 Å². The number of carbonyl (C=O) groups excluding carboxylic acids is 1. The van der Waals surface area contributed by atoms with Crippen molar-refractivity contribution in [3.8, 4) is 11.1 Å². The number of nitrogens with one attached hydrogen (secondary N) is 5. The quantitative estimate of drug-likeness (QED) is 0.204. The number of hydrazine groups is 3. The Morgan fingerprint density at radius 3 is 2.41 bits per heavy atom. The summed E-state index contributed by atoms with van der Waals surface area (Å²) < 4.78 is 59.1. The van der Waals surface area contributed by atoms with Crippen LogP contribution in [-0.4, -0.2) is 62.7 Å². The molecule has 0 aliphatic carbocycles. The number of amides is 1. The number of fused-ring (bicyclic) bond motifs is 1. The number of aromatic amines is 1. The van der Waals surface area contributed by atoms with Gasteiger partial charge in [0, 0.05) is 24.2 Å². The first-order valence-electron chi connectivity index (χ1n) is 12.1. The Kier molecular flexibility index (Phi) is 7.23. The van der Waals surface area contributed by atoms with Crippen molar-refractivity contribution in [1.82, 2.24) is 36.8 Å². The van der Waals surface area contributed by atoms with E-state index >= 15 is 0 Å². The monoisotopic (exact) mass is 579 g/mol. The number of ether oxygens (including phenoxy) is 1. The maximum Gasteiger partial charge on any atom is 0.409 e. The Labute approximate surface area is 224 Å². The van der Waals surface area contributed by atoms with Crippen molar-refractivity contribution in [2.75, 3.05) is 25.4 Å². The van der Waals surface area contributed by atoms with Gasteiger partial charge in [0.05, 0.1) is 27.8 Å². The van der Waals surface area contributed by atoms with Gasteiger partial charge in [-0.1, -0.05) is 18.2 Å². The van der Waals surface area contributed by atoms with Crippen LogP contribution in [0.1, 0.15) is 31.5 Å². The number of nitrogens with two attached hydrogens (primary N) is 2. The first-order valence-corrected chi connectivity index (χ1v) is 15.2. The van der Waals surface area contributed by atoms with E-state index in [1.165, 1.54) is 17.0 Å². The number of imidazole rings is 1. The first-order chi connectivity index (χ1) is 18.5. The highest BCUT2D eigenvalue weighted by Gasteiger charge is 2.39. The van der Waals surface area contributed by atoms with E-state index in [1.54, 1.807) is 25.1 Å². The normalized spacial score (nSPS) is 17.6. The van der Waals surface area contributed by atoms with Gasteiger partial charge in [0.1, 0.15) is 11.1 Å². The number of primary sulfonamides is 1. The molecule has 39 heavy (non-hydrogen) atoms. The van der Waals surface area contributed by atoms with E-state index in [4.69, 9.17) is 15.6 Å². The standard InChI is InChI=1S/C22H29N9O6S2/c1-2-37-22(32)31-10-8-12(9-11-31)38(33,34)16-7-6-13(14-4-3-5-15-18(14)26-21(23)25-15)17(19(16)39(24,35)36)20-27-29-30-28-20/h3-7,12,20,27-30H,2,8-11H2,1H3,(H3,23,25,26)(H2,24,35,36). The Balaban J connectivity index is 1.66. The number of sulfone groups is 1. The first kappa shape index (κ1) is 27.3. The maximum absolute atomic E-state index is 13.9. The van der Waals surface area contributed by atoms with Crippen molar-refractivity contribution in [1.29, 1.82) is 0 Å². The fourth-order valence-corrected chi connectivity index (χ4v) is 8.42. The van der Waals surface area contributed by atoms with Crippen LogP contribution in [0.4, 0.5) is 10.7 Å². The Bertz CT molecular complexity index is 1630. The minimum Gasteiger partial charge on any atom is -0.450 e. The van der Waals surface area contributed by atoms with Gasteiger partial charge in [0.15, 0.2) is 15.8 Å². The van der Waals surface area contributed by atoms with Crippen molar-refractivity contribution in [3.63, 3.8) is 0 Å². The number of H-pyrrole nitrogens is 1. The molecule has 1 amide bonds. The van der Waals surface area contributed by atoms with E-state index in [0.717, 1.165) is 0 Å². The van der Waals surface area contributed by atoms with Crippen LogP contribution in [0.25, 0.3) is 22.2 Å². The van der Waals surface area contributed by atoms with Gasteiger partial charge in [-0.25, -0.2) is 42.6 Å². The number of hydrogen-bond acceptors (Lipinski definition) is 12. The highest BCUT2D eigenvalue weighted by atomic mass is 32.2. The lowest BCUT2D eigenvalue weighted by Crippen LogP contribution is -2.43. The van der Waals surface area contributed by atoms with Crippen LogP contribution >= 0.6 is 0 Å². The van der Waals surface area contributed by atoms with Crippen LogP contribution < -0.4 is 32.8 Å². The lowest BCUT2D eigenvalue weighted by molar-refractivity contribution is 0.100. The van der Waals surface area contributed by atoms with Crippen LogP contribution in [0.3, 0.4) is 0 Å². The predicted octanol–water partition coefficient (Wildman–Crippen LogP) is -0.0303. The van der Waals surface area contributed by atoms with E-state index in [9.17, 15) is 21.6 Å². The summed E-state index contributed by atoms with van der Waals surface area (Å²) in [6.07, 6.45) is -1.20. The second-order valence-corrected chi connectivity index (χ2v) is 12.8. The van der Waals surface area contributed by atoms with Gasteiger partial charge < -0.3 is 20.4 Å². The maximum atomic E-state index is 13.9. The van der Waals surface area contributed by atoms with Crippen molar-refractivity contribution in [3.05, 3.63) is 35.9 Å². The summed E-state index contributed by atoms with van der Waals surface area (Å²) >= 11 is 0. The molecule has 0 bridgehead atoms. The summed E-state index contributed by atoms with van der Waals surface area (Å²) in [4.78, 5) is 19.8. The molecule has 0 atom stereocenters. The summed E-state index contributed by atoms with van der Waals surface area (Å²) in [5, 5.41) is 4.78. The number of rotatable bonds is 6. The summed E-state index contributed by atoms with van der Waals surface area (Å²) in [5.74, 6) is 0.166. The van der Waals surface area contributed by atoms with E-state index in [0.29, 0.717) is 22.2 Å². The van der Waals surface area contributed by atoms with Gasteiger partial charge in [-0.05, 0) is 37.5 Å². The molecule has 15 nitrogen and oxygen atoms in total. The third-order valence-electron chi connectivity index (χ3n) is 6.76. The molecule has 2 aliphatic heterocycles. The largest absolute Gasteiger partial charge is 0.450 e. The fourth-order valence-electron chi connectivity index (χ4n) is 5.03. The Hall–Kier alpha value is -3.32. The number of para-hydroxylation sites is 1. The third-order valence-corrected chi connectivity index (χ3v) is 10.2. The topological polar surface area (TPSA) is 227 Å². The van der Waals surface area contributed by atoms with Crippen LogP contribution in [0, 0.1) is 0 Å². The van der Waals surface area contributed by atoms with Gasteiger partial charge in [-0.3, -0.25) is 0 Å². The number of likely N-dealkylation sites (tertiary alicyclic amines) is 1. The SMILES string of the molecule is CCOC(=O)N1CCC(S(=O)(=O)c2ccc(-c3cccc4[nH]c(N)nc34)c(C3NNNN3)c2S(N)(=O)=O)CC1.